The summed E-state index contributed by atoms with van der Waals surface area (Å²) in [5, 5.41) is 3.43. The fraction of sp³-hybridized carbons (Fsp3) is 0.286. The molecule has 0 spiro atoms. The second-order valence-corrected chi connectivity index (χ2v) is 7.65. The minimum Gasteiger partial charge on any atom is -0.497 e. The number of nitrogens with one attached hydrogen (secondary N) is 1. The fourth-order valence-corrected chi connectivity index (χ4v) is 3.71. The van der Waals surface area contributed by atoms with Crippen molar-refractivity contribution in [2.75, 3.05) is 26.1 Å². The maximum absolute atomic E-state index is 12.9. The average molecular weight is 413 g/mol. The summed E-state index contributed by atoms with van der Waals surface area (Å²) in [6.45, 7) is 2.51. The van der Waals surface area contributed by atoms with Crippen LogP contribution in [-0.4, -0.2) is 41.5 Å². The first-order valence-corrected chi connectivity index (χ1v) is 10.0. The number of carbonyl (C=O) groups excluding carboxylic acids is 1. The Morgan fingerprint density at radius 1 is 1.21 bits per heavy atom. The smallest absolute Gasteiger partial charge is 0.262 e. The van der Waals surface area contributed by atoms with Gasteiger partial charge < -0.3 is 14.8 Å². The van der Waals surface area contributed by atoms with Crippen LogP contribution in [0.1, 0.15) is 6.92 Å². The molecule has 7 nitrogen and oxygen atoms in total. The highest BCUT2D eigenvalue weighted by Gasteiger charge is 2.19. The quantitative estimate of drug-likeness (QED) is 0.451. The Balaban J connectivity index is 1.85. The van der Waals surface area contributed by atoms with Crippen LogP contribution in [0.2, 0.25) is 0 Å². The minimum absolute atomic E-state index is 0.143. The number of para-hydroxylation sites is 1. The summed E-state index contributed by atoms with van der Waals surface area (Å²) in [5.41, 5.74) is 1.11. The highest BCUT2D eigenvalue weighted by Crippen LogP contribution is 2.24. The van der Waals surface area contributed by atoms with Gasteiger partial charge >= 0.3 is 0 Å². The van der Waals surface area contributed by atoms with E-state index in [1.807, 2.05) is 12.1 Å². The SMILES string of the molecule is COCCn1c(S[C@H](C)C(=O)Nc2cccc(OC)c2)nc2ccccc2c1=O. The van der Waals surface area contributed by atoms with Crippen LogP contribution in [0.3, 0.4) is 0 Å². The van der Waals surface area contributed by atoms with Crippen LogP contribution in [-0.2, 0) is 16.1 Å². The molecule has 2 aromatic carbocycles. The Kier molecular flexibility index (Phi) is 6.90. The van der Waals surface area contributed by atoms with Crippen LogP contribution in [0.15, 0.2) is 58.5 Å². The van der Waals surface area contributed by atoms with Crippen molar-refractivity contribution in [3.8, 4) is 5.75 Å². The number of amides is 1. The van der Waals surface area contributed by atoms with E-state index in [4.69, 9.17) is 9.47 Å². The van der Waals surface area contributed by atoms with Crippen LogP contribution in [0.4, 0.5) is 5.69 Å². The maximum atomic E-state index is 12.9. The summed E-state index contributed by atoms with van der Waals surface area (Å²) in [5.74, 6) is 0.469. The summed E-state index contributed by atoms with van der Waals surface area (Å²) >= 11 is 1.24. The molecule has 0 bridgehead atoms. The van der Waals surface area contributed by atoms with E-state index in [9.17, 15) is 9.59 Å². The molecule has 0 radical (unpaired) electrons. The molecule has 29 heavy (non-hydrogen) atoms. The van der Waals surface area contributed by atoms with Crippen LogP contribution in [0.5, 0.6) is 5.75 Å². The number of aromatic nitrogens is 2. The van der Waals surface area contributed by atoms with Crippen molar-refractivity contribution in [3.05, 3.63) is 58.9 Å². The zero-order chi connectivity index (χ0) is 20.8. The molecule has 0 saturated heterocycles. The van der Waals surface area contributed by atoms with Crippen LogP contribution in [0, 0.1) is 0 Å². The number of benzene rings is 2. The Labute approximate surface area is 173 Å². The third-order valence-corrected chi connectivity index (χ3v) is 5.42. The molecule has 8 heteroatoms. The van der Waals surface area contributed by atoms with Crippen molar-refractivity contribution in [2.24, 2.45) is 0 Å². The molecule has 0 aliphatic carbocycles. The molecule has 1 heterocycles. The lowest BCUT2D eigenvalue weighted by Gasteiger charge is -2.16. The molecule has 1 atom stereocenters. The van der Waals surface area contributed by atoms with Gasteiger partial charge in [0.2, 0.25) is 5.91 Å². The molecule has 1 N–H and O–H groups in total. The predicted molar refractivity (Wildman–Crippen MR) is 115 cm³/mol. The first-order chi connectivity index (χ1) is 14.0. The van der Waals surface area contributed by atoms with E-state index in [2.05, 4.69) is 10.3 Å². The molecule has 1 amide bonds. The minimum atomic E-state index is -0.469. The van der Waals surface area contributed by atoms with Gasteiger partial charge in [-0.3, -0.25) is 14.2 Å². The van der Waals surface area contributed by atoms with Gasteiger partial charge in [-0.1, -0.05) is 30.0 Å². The highest BCUT2D eigenvalue weighted by molar-refractivity contribution is 8.00. The Morgan fingerprint density at radius 3 is 2.76 bits per heavy atom. The van der Waals surface area contributed by atoms with E-state index in [0.717, 1.165) is 0 Å². The standard InChI is InChI=1S/C21H23N3O4S/c1-14(19(25)22-15-7-6-8-16(13-15)28-3)29-21-23-18-10-5-4-9-17(18)20(26)24(21)11-12-27-2/h4-10,13-14H,11-12H2,1-3H3,(H,22,25)/t14-/m1/s1. The van der Waals surface area contributed by atoms with E-state index in [-0.39, 0.29) is 11.5 Å². The molecular weight excluding hydrogens is 390 g/mol. The van der Waals surface area contributed by atoms with Crippen molar-refractivity contribution in [2.45, 2.75) is 23.9 Å². The molecule has 3 aromatic rings. The van der Waals surface area contributed by atoms with E-state index < -0.39 is 5.25 Å². The van der Waals surface area contributed by atoms with E-state index in [0.29, 0.717) is 40.6 Å². The van der Waals surface area contributed by atoms with Gasteiger partial charge in [0, 0.05) is 18.9 Å². The van der Waals surface area contributed by atoms with Gasteiger partial charge in [-0.2, -0.15) is 0 Å². The number of fused-ring (bicyclic) bond motifs is 1. The number of hydrogen-bond acceptors (Lipinski definition) is 6. The summed E-state index contributed by atoms with van der Waals surface area (Å²) in [6.07, 6.45) is 0. The second-order valence-electron chi connectivity index (χ2n) is 6.34. The van der Waals surface area contributed by atoms with Gasteiger partial charge in [0.15, 0.2) is 5.16 Å². The normalized spacial score (nSPS) is 12.0. The van der Waals surface area contributed by atoms with Gasteiger partial charge in [-0.25, -0.2) is 4.98 Å². The van der Waals surface area contributed by atoms with E-state index in [1.54, 1.807) is 62.1 Å². The third kappa shape index (κ3) is 4.96. The first kappa shape index (κ1) is 20.9. The van der Waals surface area contributed by atoms with E-state index >= 15 is 0 Å². The molecule has 3 rings (SSSR count). The summed E-state index contributed by atoms with van der Waals surface area (Å²) in [7, 11) is 3.15. The average Bonchev–Trinajstić information content (AvgIpc) is 2.73. The number of methoxy groups -OCH3 is 2. The van der Waals surface area contributed by atoms with Crippen molar-refractivity contribution >= 4 is 34.3 Å². The van der Waals surface area contributed by atoms with Gasteiger partial charge in [-0.15, -0.1) is 0 Å². The number of nitrogens with zero attached hydrogens (tertiary/aromatic N) is 2. The second kappa shape index (κ2) is 9.58. The van der Waals surface area contributed by atoms with Gasteiger partial charge in [0.1, 0.15) is 5.75 Å². The van der Waals surface area contributed by atoms with Crippen LogP contribution < -0.4 is 15.6 Å². The Hall–Kier alpha value is -2.84. The number of anilines is 1. The molecule has 0 unspecified atom stereocenters. The molecule has 0 aliphatic rings. The van der Waals surface area contributed by atoms with E-state index in [1.165, 1.54) is 11.8 Å². The lowest BCUT2D eigenvalue weighted by Crippen LogP contribution is -2.28. The number of thioether (sulfide) groups is 1. The van der Waals surface area contributed by atoms with Gasteiger partial charge in [0.05, 0.1) is 36.4 Å². The molecule has 0 aliphatic heterocycles. The maximum Gasteiger partial charge on any atom is 0.262 e. The number of carbonyl (C=O) groups is 1. The summed E-state index contributed by atoms with van der Waals surface area (Å²) in [4.78, 5) is 30.2. The molecule has 0 fully saturated rings. The van der Waals surface area contributed by atoms with Crippen LogP contribution >= 0.6 is 11.8 Å². The fourth-order valence-electron chi connectivity index (χ4n) is 2.77. The number of hydrogen-bond donors (Lipinski definition) is 1. The Bertz CT molecular complexity index is 1070. The monoisotopic (exact) mass is 413 g/mol. The van der Waals surface area contributed by atoms with Crippen molar-refractivity contribution in [1.82, 2.24) is 9.55 Å². The van der Waals surface area contributed by atoms with Crippen molar-refractivity contribution in [1.29, 1.82) is 0 Å². The van der Waals surface area contributed by atoms with Crippen molar-refractivity contribution < 1.29 is 14.3 Å². The predicted octanol–water partition coefficient (Wildman–Crippen LogP) is 3.17. The lowest BCUT2D eigenvalue weighted by molar-refractivity contribution is -0.115. The highest BCUT2D eigenvalue weighted by atomic mass is 32.2. The number of ether oxygens (including phenoxy) is 2. The molecule has 0 saturated carbocycles. The molecule has 152 valence electrons. The van der Waals surface area contributed by atoms with Gasteiger partial charge in [0.25, 0.3) is 5.56 Å². The number of rotatable bonds is 8. The lowest BCUT2D eigenvalue weighted by atomic mass is 10.2. The van der Waals surface area contributed by atoms with Crippen molar-refractivity contribution in [3.63, 3.8) is 0 Å². The van der Waals surface area contributed by atoms with Gasteiger partial charge in [-0.05, 0) is 31.2 Å². The molecule has 1 aromatic heterocycles. The summed E-state index contributed by atoms with van der Waals surface area (Å²) in [6, 6.07) is 14.3. The Morgan fingerprint density at radius 2 is 2.00 bits per heavy atom. The zero-order valence-electron chi connectivity index (χ0n) is 16.5. The first-order valence-electron chi connectivity index (χ1n) is 9.13. The largest absolute Gasteiger partial charge is 0.497 e. The zero-order valence-corrected chi connectivity index (χ0v) is 17.4. The van der Waals surface area contributed by atoms with Crippen LogP contribution in [0.25, 0.3) is 10.9 Å². The topological polar surface area (TPSA) is 82.4 Å². The summed E-state index contributed by atoms with van der Waals surface area (Å²) < 4.78 is 11.9. The third-order valence-electron chi connectivity index (χ3n) is 4.33. The molecular formula is C21H23N3O4S.